The van der Waals surface area contributed by atoms with E-state index in [0.717, 1.165) is 17.7 Å². The number of allylic oxidation sites excluding steroid dienone is 2. The van der Waals surface area contributed by atoms with Crippen LogP contribution >= 0.6 is 23.2 Å². The van der Waals surface area contributed by atoms with Gasteiger partial charge < -0.3 is 14.7 Å². The van der Waals surface area contributed by atoms with Crippen molar-refractivity contribution in [1.29, 1.82) is 0 Å². The van der Waals surface area contributed by atoms with Crippen molar-refractivity contribution in [2.24, 2.45) is 0 Å². The van der Waals surface area contributed by atoms with E-state index in [-0.39, 0.29) is 40.9 Å². The number of hydrogen-bond acceptors (Lipinski definition) is 3. The van der Waals surface area contributed by atoms with Crippen molar-refractivity contribution in [1.82, 2.24) is 4.90 Å². The van der Waals surface area contributed by atoms with Gasteiger partial charge in [0.25, 0.3) is 0 Å². The Labute approximate surface area is 184 Å². The summed E-state index contributed by atoms with van der Waals surface area (Å²) in [6, 6.07) is 7.97. The lowest BCUT2D eigenvalue weighted by Crippen LogP contribution is -2.60. The minimum atomic E-state index is -4.81. The number of carboxylic acid groups (broad SMARTS) is 1. The van der Waals surface area contributed by atoms with Gasteiger partial charge in [0.05, 0.1) is 25.3 Å². The molecule has 2 heterocycles. The predicted molar refractivity (Wildman–Crippen MR) is 107 cm³/mol. The number of nitrogens with zero attached hydrogens (tertiary/aromatic N) is 1. The van der Waals surface area contributed by atoms with Gasteiger partial charge in [0.15, 0.2) is 5.78 Å². The van der Waals surface area contributed by atoms with Gasteiger partial charge in [-0.1, -0.05) is 35.3 Å². The SMILES string of the molecule is O=C(/C=C(\c1cc(Cl)cc(Cl)c1)C(F)(F)F)c1ccc2c(c1)COC21CN(C(=O)O)C1. The van der Waals surface area contributed by atoms with Gasteiger partial charge in [0.2, 0.25) is 0 Å². The molecule has 162 valence electrons. The van der Waals surface area contributed by atoms with Gasteiger partial charge in [-0.15, -0.1) is 0 Å². The third-order valence-electron chi connectivity index (χ3n) is 5.30. The highest BCUT2D eigenvalue weighted by Crippen LogP contribution is 2.44. The van der Waals surface area contributed by atoms with Crippen LogP contribution in [0.3, 0.4) is 0 Å². The van der Waals surface area contributed by atoms with Crippen LogP contribution in [0.25, 0.3) is 5.57 Å². The van der Waals surface area contributed by atoms with Crippen LogP contribution in [0.5, 0.6) is 0 Å². The highest BCUT2D eigenvalue weighted by Gasteiger charge is 2.51. The number of carbonyl (C=O) groups excluding carboxylic acids is 1. The van der Waals surface area contributed by atoms with E-state index < -0.39 is 29.2 Å². The minimum absolute atomic E-state index is 0.0148. The lowest BCUT2D eigenvalue weighted by atomic mass is 9.84. The number of ether oxygens (including phenoxy) is 1. The Morgan fingerprint density at radius 3 is 2.29 bits per heavy atom. The molecule has 0 bridgehead atoms. The molecule has 10 heteroatoms. The molecule has 0 aromatic heterocycles. The average Bonchev–Trinajstić information content (AvgIpc) is 3.01. The van der Waals surface area contributed by atoms with E-state index >= 15 is 0 Å². The molecule has 31 heavy (non-hydrogen) atoms. The molecule has 2 aliphatic heterocycles. The maximum absolute atomic E-state index is 13.6. The molecule has 1 spiro atoms. The van der Waals surface area contributed by atoms with E-state index in [1.54, 1.807) is 6.07 Å². The third kappa shape index (κ3) is 4.03. The molecule has 0 saturated carbocycles. The molecule has 2 aromatic carbocycles. The molecule has 0 unspecified atom stereocenters. The largest absolute Gasteiger partial charge is 0.465 e. The molecule has 1 saturated heterocycles. The number of amides is 1. The first kappa shape index (κ1) is 21.7. The number of fused-ring (bicyclic) bond motifs is 2. The number of likely N-dealkylation sites (tertiary alicyclic amines) is 1. The summed E-state index contributed by atoms with van der Waals surface area (Å²) < 4.78 is 46.7. The number of carbonyl (C=O) groups is 2. The van der Waals surface area contributed by atoms with Crippen molar-refractivity contribution in [2.75, 3.05) is 13.1 Å². The average molecular weight is 472 g/mol. The van der Waals surface area contributed by atoms with Crippen molar-refractivity contribution in [3.63, 3.8) is 0 Å². The minimum Gasteiger partial charge on any atom is -0.465 e. The second-order valence-electron chi connectivity index (χ2n) is 7.37. The lowest BCUT2D eigenvalue weighted by Gasteiger charge is -2.45. The molecule has 2 aromatic rings. The maximum Gasteiger partial charge on any atom is 0.417 e. The molecule has 0 atom stereocenters. The zero-order valence-corrected chi connectivity index (χ0v) is 17.2. The van der Waals surface area contributed by atoms with E-state index in [0.29, 0.717) is 11.6 Å². The van der Waals surface area contributed by atoms with Gasteiger partial charge in [-0.3, -0.25) is 4.79 Å². The highest BCUT2D eigenvalue weighted by molar-refractivity contribution is 6.35. The van der Waals surface area contributed by atoms with Crippen LogP contribution in [0.4, 0.5) is 18.0 Å². The smallest absolute Gasteiger partial charge is 0.417 e. The first-order valence-corrected chi connectivity index (χ1v) is 9.79. The summed E-state index contributed by atoms with van der Waals surface area (Å²) in [7, 11) is 0. The van der Waals surface area contributed by atoms with Crippen LogP contribution in [0.15, 0.2) is 42.5 Å². The highest BCUT2D eigenvalue weighted by atomic mass is 35.5. The van der Waals surface area contributed by atoms with Gasteiger partial charge >= 0.3 is 12.3 Å². The van der Waals surface area contributed by atoms with Crippen LogP contribution in [-0.2, 0) is 16.9 Å². The Kier molecular flexibility index (Phi) is 5.28. The third-order valence-corrected chi connectivity index (χ3v) is 5.74. The molecular weight excluding hydrogens is 458 g/mol. The Morgan fingerprint density at radius 2 is 1.71 bits per heavy atom. The summed E-state index contributed by atoms with van der Waals surface area (Å²) >= 11 is 11.6. The molecule has 1 fully saturated rings. The van der Waals surface area contributed by atoms with Crippen molar-refractivity contribution < 1.29 is 32.6 Å². The van der Waals surface area contributed by atoms with E-state index in [1.165, 1.54) is 23.1 Å². The van der Waals surface area contributed by atoms with Crippen LogP contribution in [-0.4, -0.2) is 41.1 Å². The normalized spacial score (nSPS) is 17.5. The zero-order chi connectivity index (χ0) is 22.6. The van der Waals surface area contributed by atoms with Crippen molar-refractivity contribution in [3.8, 4) is 0 Å². The molecule has 0 radical (unpaired) electrons. The van der Waals surface area contributed by atoms with Crippen molar-refractivity contribution in [3.05, 3.63) is 74.8 Å². The summed E-state index contributed by atoms with van der Waals surface area (Å²) in [5, 5.41) is 9.06. The zero-order valence-electron chi connectivity index (χ0n) is 15.7. The molecule has 4 rings (SSSR count). The first-order chi connectivity index (χ1) is 14.5. The summed E-state index contributed by atoms with van der Waals surface area (Å²) in [6.07, 6.45) is -5.34. The monoisotopic (exact) mass is 471 g/mol. The topological polar surface area (TPSA) is 66.8 Å². The first-order valence-electron chi connectivity index (χ1n) is 9.03. The van der Waals surface area contributed by atoms with E-state index in [4.69, 9.17) is 33.0 Å². The second kappa shape index (κ2) is 7.55. The molecule has 2 aliphatic rings. The van der Waals surface area contributed by atoms with E-state index in [1.807, 2.05) is 0 Å². The number of hydrogen-bond donors (Lipinski definition) is 1. The summed E-state index contributed by atoms with van der Waals surface area (Å²) in [6.45, 7) is 0.468. The van der Waals surface area contributed by atoms with Gasteiger partial charge in [0.1, 0.15) is 5.60 Å². The second-order valence-corrected chi connectivity index (χ2v) is 8.24. The quantitative estimate of drug-likeness (QED) is 0.471. The molecule has 1 N–H and O–H groups in total. The van der Waals surface area contributed by atoms with Gasteiger partial charge in [-0.25, -0.2) is 4.79 Å². The van der Waals surface area contributed by atoms with Crippen molar-refractivity contribution in [2.45, 2.75) is 18.4 Å². The van der Waals surface area contributed by atoms with Crippen LogP contribution in [0, 0.1) is 0 Å². The lowest BCUT2D eigenvalue weighted by molar-refractivity contribution is -0.129. The Morgan fingerprint density at radius 1 is 1.06 bits per heavy atom. The van der Waals surface area contributed by atoms with E-state index in [9.17, 15) is 22.8 Å². The number of halogens is 5. The maximum atomic E-state index is 13.6. The summed E-state index contributed by atoms with van der Waals surface area (Å²) in [5.41, 5.74) is -0.799. The van der Waals surface area contributed by atoms with E-state index in [2.05, 4.69) is 0 Å². The summed E-state index contributed by atoms with van der Waals surface area (Å²) in [5.74, 6) is -0.840. The molecule has 5 nitrogen and oxygen atoms in total. The van der Waals surface area contributed by atoms with Crippen LogP contribution in [0.1, 0.15) is 27.0 Å². The van der Waals surface area contributed by atoms with Crippen LogP contribution in [0.2, 0.25) is 10.0 Å². The molecule has 1 amide bonds. The molecular formula is C21H14Cl2F3NO4. The fraction of sp³-hybridized carbons (Fsp3) is 0.238. The fourth-order valence-electron chi connectivity index (χ4n) is 3.82. The predicted octanol–water partition coefficient (Wildman–Crippen LogP) is 5.54. The fourth-order valence-corrected chi connectivity index (χ4v) is 4.35. The van der Waals surface area contributed by atoms with Gasteiger partial charge in [-0.05, 0) is 47.0 Å². The Balaban J connectivity index is 1.65. The van der Waals surface area contributed by atoms with Crippen LogP contribution < -0.4 is 0 Å². The number of alkyl halides is 3. The Hall–Kier alpha value is -2.55. The molecule has 0 aliphatic carbocycles. The van der Waals surface area contributed by atoms with Gasteiger partial charge in [0, 0.05) is 15.6 Å². The van der Waals surface area contributed by atoms with Gasteiger partial charge in [-0.2, -0.15) is 13.2 Å². The standard InChI is InChI=1S/C21H14Cl2F3NO4/c22-14-4-12(5-15(23)6-14)17(21(24,25)26)7-18(28)11-1-2-16-13(3-11)8-31-20(16)9-27(10-20)19(29)30/h1-7H,8-10H2,(H,29,30)/b17-7+. The number of rotatable bonds is 3. The number of benzene rings is 2. The summed E-state index contributed by atoms with van der Waals surface area (Å²) in [4.78, 5) is 24.9. The number of ketones is 1. The van der Waals surface area contributed by atoms with Crippen molar-refractivity contribution >= 4 is 40.7 Å². The Bertz CT molecular complexity index is 1100.